The molecule has 2 aliphatic carbocycles. The van der Waals surface area contributed by atoms with Crippen LogP contribution in [0, 0.1) is 17.7 Å². The zero-order chi connectivity index (χ0) is 19.9. The first-order valence-corrected chi connectivity index (χ1v) is 10.9. The average molecular weight is 402 g/mol. The molecule has 3 atom stereocenters. The number of sulfonamides is 1. The zero-order valence-corrected chi connectivity index (χ0v) is 16.5. The smallest absolute Gasteiger partial charge is 0.264 e. The lowest BCUT2D eigenvalue weighted by Gasteiger charge is -2.23. The molecule has 7 heteroatoms. The molecule has 1 N–H and O–H groups in total. The molecule has 2 aliphatic rings. The number of anilines is 1. The largest absolute Gasteiger partial charge is 0.349 e. The van der Waals surface area contributed by atoms with Gasteiger partial charge in [0.25, 0.3) is 15.9 Å². The highest BCUT2D eigenvalue weighted by Crippen LogP contribution is 2.44. The summed E-state index contributed by atoms with van der Waals surface area (Å²) in [5, 5.41) is 3.07. The molecular formula is C21H23FN2O3S. The van der Waals surface area contributed by atoms with Crippen molar-refractivity contribution in [1.29, 1.82) is 0 Å². The van der Waals surface area contributed by atoms with Crippen molar-refractivity contribution in [3.8, 4) is 0 Å². The number of fused-ring (bicyclic) bond motifs is 2. The molecule has 2 aromatic carbocycles. The van der Waals surface area contributed by atoms with Crippen molar-refractivity contribution in [1.82, 2.24) is 5.32 Å². The van der Waals surface area contributed by atoms with E-state index in [4.69, 9.17) is 0 Å². The predicted molar refractivity (Wildman–Crippen MR) is 105 cm³/mol. The molecule has 28 heavy (non-hydrogen) atoms. The van der Waals surface area contributed by atoms with E-state index in [2.05, 4.69) is 5.32 Å². The number of rotatable bonds is 5. The number of nitrogens with zero attached hydrogens (tertiary/aromatic N) is 1. The van der Waals surface area contributed by atoms with Gasteiger partial charge in [0.05, 0.1) is 10.6 Å². The molecule has 148 valence electrons. The van der Waals surface area contributed by atoms with Crippen molar-refractivity contribution in [2.24, 2.45) is 11.8 Å². The van der Waals surface area contributed by atoms with Gasteiger partial charge in [-0.15, -0.1) is 0 Å². The van der Waals surface area contributed by atoms with E-state index in [1.165, 1.54) is 56.3 Å². The van der Waals surface area contributed by atoms with Crippen molar-refractivity contribution in [2.45, 2.75) is 36.6 Å². The minimum Gasteiger partial charge on any atom is -0.349 e. The quantitative estimate of drug-likeness (QED) is 0.831. The normalized spacial score (nSPS) is 23.6. The van der Waals surface area contributed by atoms with E-state index in [-0.39, 0.29) is 22.5 Å². The third-order valence-corrected chi connectivity index (χ3v) is 7.77. The molecule has 1 amide bonds. The highest BCUT2D eigenvalue weighted by atomic mass is 32.2. The van der Waals surface area contributed by atoms with E-state index in [0.29, 0.717) is 17.4 Å². The summed E-state index contributed by atoms with van der Waals surface area (Å²) in [6.07, 6.45) is 4.57. The Balaban J connectivity index is 1.56. The Morgan fingerprint density at radius 1 is 1.11 bits per heavy atom. The van der Waals surface area contributed by atoms with Crippen molar-refractivity contribution < 1.29 is 17.6 Å². The topological polar surface area (TPSA) is 66.5 Å². The van der Waals surface area contributed by atoms with Crippen molar-refractivity contribution >= 4 is 21.6 Å². The van der Waals surface area contributed by atoms with Crippen molar-refractivity contribution in [2.75, 3.05) is 11.4 Å². The molecule has 5 nitrogen and oxygen atoms in total. The summed E-state index contributed by atoms with van der Waals surface area (Å²) in [4.78, 5) is 12.6. The standard InChI is InChI=1S/C21H23FN2O3S/c1-24(20-8-3-2-7-18(20)22)28(26,27)17-6-4-5-16(13-17)21(25)23-19-12-14-9-10-15(19)11-14/h2-8,13-15,19H,9-12H2,1H3,(H,23,25)/t14-,15-,19-/m1/s1. The average Bonchev–Trinajstić information content (AvgIpc) is 3.31. The maximum absolute atomic E-state index is 14.0. The van der Waals surface area contributed by atoms with Gasteiger partial charge < -0.3 is 5.32 Å². The van der Waals surface area contributed by atoms with Crippen LogP contribution in [-0.2, 0) is 10.0 Å². The van der Waals surface area contributed by atoms with Crippen LogP contribution in [0.3, 0.4) is 0 Å². The summed E-state index contributed by atoms with van der Waals surface area (Å²) in [6.45, 7) is 0. The molecule has 0 aromatic heterocycles. The van der Waals surface area contributed by atoms with Crippen LogP contribution in [0.4, 0.5) is 10.1 Å². The number of halogens is 1. The number of hydrogen-bond donors (Lipinski definition) is 1. The molecule has 2 fully saturated rings. The molecule has 0 aliphatic heterocycles. The maximum Gasteiger partial charge on any atom is 0.264 e. The maximum atomic E-state index is 14.0. The van der Waals surface area contributed by atoms with Gasteiger partial charge in [-0.25, -0.2) is 12.8 Å². The van der Waals surface area contributed by atoms with E-state index in [0.717, 1.165) is 17.1 Å². The highest BCUT2D eigenvalue weighted by Gasteiger charge is 2.40. The second-order valence-corrected chi connectivity index (χ2v) is 9.68. The van der Waals surface area contributed by atoms with E-state index < -0.39 is 15.8 Å². The van der Waals surface area contributed by atoms with Crippen molar-refractivity contribution in [3.63, 3.8) is 0 Å². The Hall–Kier alpha value is -2.41. The molecule has 2 saturated carbocycles. The molecule has 0 spiro atoms. The fourth-order valence-corrected chi connectivity index (χ4v) is 5.72. The molecular weight excluding hydrogens is 379 g/mol. The zero-order valence-electron chi connectivity index (χ0n) is 15.6. The third-order valence-electron chi connectivity index (χ3n) is 6.00. The Labute approximate surface area is 164 Å². The first-order chi connectivity index (χ1) is 13.4. The van der Waals surface area contributed by atoms with Gasteiger partial charge in [-0.05, 0) is 61.4 Å². The van der Waals surface area contributed by atoms with Gasteiger partial charge in [0.1, 0.15) is 5.82 Å². The van der Waals surface area contributed by atoms with Gasteiger partial charge in [-0.1, -0.05) is 24.6 Å². The van der Waals surface area contributed by atoms with Crippen LogP contribution in [0.25, 0.3) is 0 Å². The first kappa shape index (κ1) is 18.9. The number of nitrogens with one attached hydrogen (secondary N) is 1. The van der Waals surface area contributed by atoms with Gasteiger partial charge in [0.15, 0.2) is 0 Å². The Morgan fingerprint density at radius 3 is 2.57 bits per heavy atom. The van der Waals surface area contributed by atoms with Gasteiger partial charge >= 0.3 is 0 Å². The number of amides is 1. The number of carbonyl (C=O) groups excluding carboxylic acids is 1. The predicted octanol–water partition coefficient (Wildman–Crippen LogP) is 3.57. The highest BCUT2D eigenvalue weighted by molar-refractivity contribution is 7.92. The summed E-state index contributed by atoms with van der Waals surface area (Å²) in [5.74, 6) is 0.353. The molecule has 0 radical (unpaired) electrons. The second kappa shape index (κ2) is 7.20. The fourth-order valence-electron chi connectivity index (χ4n) is 4.47. The van der Waals surface area contributed by atoms with Crippen LogP contribution in [0.15, 0.2) is 53.4 Å². The van der Waals surface area contributed by atoms with Crippen LogP contribution in [0.1, 0.15) is 36.0 Å². The second-order valence-electron chi connectivity index (χ2n) is 7.71. The van der Waals surface area contributed by atoms with Gasteiger partial charge in [0.2, 0.25) is 0 Å². The van der Waals surface area contributed by atoms with E-state index in [1.807, 2.05) is 0 Å². The Kier molecular flexibility index (Phi) is 4.87. The number of carbonyl (C=O) groups is 1. The number of para-hydroxylation sites is 1. The summed E-state index contributed by atoms with van der Waals surface area (Å²) >= 11 is 0. The number of benzene rings is 2. The molecule has 2 bridgehead atoms. The first-order valence-electron chi connectivity index (χ1n) is 9.50. The molecule has 4 rings (SSSR count). The monoisotopic (exact) mass is 402 g/mol. The molecule has 0 unspecified atom stereocenters. The summed E-state index contributed by atoms with van der Waals surface area (Å²) in [7, 11) is -2.69. The molecule has 0 saturated heterocycles. The van der Waals surface area contributed by atoms with Crippen LogP contribution in [0.2, 0.25) is 0 Å². The minimum atomic E-state index is -3.99. The summed E-state index contributed by atoms with van der Waals surface area (Å²) in [6, 6.07) is 11.8. The summed E-state index contributed by atoms with van der Waals surface area (Å²) < 4.78 is 40.8. The lowest BCUT2D eigenvalue weighted by molar-refractivity contribution is 0.0922. The minimum absolute atomic E-state index is 0.0423. The van der Waals surface area contributed by atoms with E-state index in [9.17, 15) is 17.6 Å². The SMILES string of the molecule is CN(c1ccccc1F)S(=O)(=O)c1cccc(C(=O)N[C@@H]2C[C@@H]3CC[C@@H]2C3)c1. The fraction of sp³-hybridized carbons (Fsp3) is 0.381. The molecule has 2 aromatic rings. The van der Waals surface area contributed by atoms with Crippen LogP contribution in [-0.4, -0.2) is 27.4 Å². The lowest BCUT2D eigenvalue weighted by Crippen LogP contribution is -2.38. The third kappa shape index (κ3) is 3.39. The van der Waals surface area contributed by atoms with Gasteiger partial charge in [-0.3, -0.25) is 9.10 Å². The van der Waals surface area contributed by atoms with Crippen LogP contribution in [0.5, 0.6) is 0 Å². The van der Waals surface area contributed by atoms with Gasteiger partial charge in [0, 0.05) is 18.7 Å². The Bertz CT molecular complexity index is 1010. The van der Waals surface area contributed by atoms with Crippen LogP contribution < -0.4 is 9.62 Å². The van der Waals surface area contributed by atoms with E-state index in [1.54, 1.807) is 12.1 Å². The number of hydrogen-bond acceptors (Lipinski definition) is 3. The lowest BCUT2D eigenvalue weighted by atomic mass is 9.95. The van der Waals surface area contributed by atoms with Crippen molar-refractivity contribution in [3.05, 3.63) is 59.9 Å². The van der Waals surface area contributed by atoms with E-state index >= 15 is 0 Å². The Morgan fingerprint density at radius 2 is 1.89 bits per heavy atom. The summed E-state index contributed by atoms with van der Waals surface area (Å²) in [5.41, 5.74) is 0.255. The van der Waals surface area contributed by atoms with Gasteiger partial charge in [-0.2, -0.15) is 0 Å². The van der Waals surface area contributed by atoms with Crippen LogP contribution >= 0.6 is 0 Å². The molecule has 0 heterocycles.